The molecule has 0 radical (unpaired) electrons. The molecule has 1 amide bonds. The van der Waals surface area contributed by atoms with Crippen LogP contribution in [0.5, 0.6) is 0 Å². The van der Waals surface area contributed by atoms with Gasteiger partial charge in [-0.2, -0.15) is 31.4 Å². The van der Waals surface area contributed by atoms with Gasteiger partial charge in [-0.15, -0.1) is 0 Å². The molecule has 1 aliphatic heterocycles. The summed E-state index contributed by atoms with van der Waals surface area (Å²) in [7, 11) is 0. The van der Waals surface area contributed by atoms with Crippen molar-refractivity contribution in [3.63, 3.8) is 0 Å². The number of hydrogen-bond donors (Lipinski definition) is 2. The number of hydrogen-bond acceptors (Lipinski definition) is 3. The molecule has 2 heterocycles. The molecule has 1 aliphatic rings. The topological polar surface area (TPSA) is 59.0 Å². The standard InChI is InChI=1S/C22H17ClF6N4O/c1-11-2-4-12(5-3-11)17-9-18(22(27,28)29)33-19(31-17)14(10-30-33)20(34)32-16-7-6-13(23)8-15(16)21(24,25)26/h2-8,10,17-18,31H,9H2,1H3,(H,32,34). The quantitative estimate of drug-likeness (QED) is 0.388. The number of fused-ring (bicyclic) bond motifs is 1. The average Bonchev–Trinajstić information content (AvgIpc) is 3.17. The lowest BCUT2D eigenvalue weighted by molar-refractivity contribution is -0.173. The molecule has 0 aliphatic carbocycles. The Morgan fingerprint density at radius 1 is 1.12 bits per heavy atom. The molecule has 4 rings (SSSR count). The summed E-state index contributed by atoms with van der Waals surface area (Å²) in [5.41, 5.74) is -0.613. The highest BCUT2D eigenvalue weighted by atomic mass is 35.5. The van der Waals surface area contributed by atoms with E-state index in [9.17, 15) is 31.1 Å². The van der Waals surface area contributed by atoms with Crippen molar-refractivity contribution in [3.8, 4) is 0 Å². The van der Waals surface area contributed by atoms with Gasteiger partial charge in [0.25, 0.3) is 5.91 Å². The molecule has 180 valence electrons. The maximum absolute atomic E-state index is 13.8. The molecule has 1 aromatic heterocycles. The van der Waals surface area contributed by atoms with E-state index in [0.29, 0.717) is 16.3 Å². The minimum Gasteiger partial charge on any atom is -0.363 e. The van der Waals surface area contributed by atoms with Crippen LogP contribution in [0.25, 0.3) is 0 Å². The number of rotatable bonds is 3. The van der Waals surface area contributed by atoms with Crippen LogP contribution in [0.3, 0.4) is 0 Å². The van der Waals surface area contributed by atoms with E-state index in [2.05, 4.69) is 15.7 Å². The van der Waals surface area contributed by atoms with Gasteiger partial charge in [0, 0.05) is 11.4 Å². The highest BCUT2D eigenvalue weighted by Crippen LogP contribution is 2.44. The fourth-order valence-corrected chi connectivity index (χ4v) is 3.97. The Bertz CT molecular complexity index is 1220. The largest absolute Gasteiger partial charge is 0.418 e. The Morgan fingerprint density at radius 3 is 2.41 bits per heavy atom. The van der Waals surface area contributed by atoms with E-state index < -0.39 is 41.6 Å². The molecule has 2 unspecified atom stereocenters. The Labute approximate surface area is 194 Å². The fraction of sp³-hybridized carbons (Fsp3) is 0.273. The summed E-state index contributed by atoms with van der Waals surface area (Å²) >= 11 is 5.65. The number of benzene rings is 2. The Hall–Kier alpha value is -3.21. The minimum atomic E-state index is -4.82. The van der Waals surface area contributed by atoms with E-state index in [1.807, 2.05) is 6.92 Å². The summed E-state index contributed by atoms with van der Waals surface area (Å²) in [4.78, 5) is 12.9. The average molecular weight is 503 g/mol. The van der Waals surface area contributed by atoms with Crippen LogP contribution in [0.2, 0.25) is 5.02 Å². The zero-order valence-corrected chi connectivity index (χ0v) is 18.2. The first-order valence-electron chi connectivity index (χ1n) is 10.00. The first-order chi connectivity index (χ1) is 15.8. The lowest BCUT2D eigenvalue weighted by atomic mass is 9.96. The Balaban J connectivity index is 1.71. The first-order valence-corrected chi connectivity index (χ1v) is 10.4. The smallest absolute Gasteiger partial charge is 0.363 e. The second-order valence-electron chi connectivity index (χ2n) is 7.89. The molecule has 2 N–H and O–H groups in total. The number of amides is 1. The molecule has 0 saturated heterocycles. The number of carbonyl (C=O) groups is 1. The fourth-order valence-electron chi connectivity index (χ4n) is 3.80. The molecule has 0 bridgehead atoms. The van der Waals surface area contributed by atoms with Crippen molar-refractivity contribution >= 4 is 29.0 Å². The van der Waals surface area contributed by atoms with Crippen molar-refractivity contribution in [2.75, 3.05) is 10.6 Å². The Kier molecular flexibility index (Phi) is 6.01. The lowest BCUT2D eigenvalue weighted by Gasteiger charge is -2.34. The van der Waals surface area contributed by atoms with Crippen LogP contribution in [0.4, 0.5) is 37.8 Å². The monoisotopic (exact) mass is 502 g/mol. The van der Waals surface area contributed by atoms with E-state index in [0.717, 1.165) is 23.9 Å². The maximum Gasteiger partial charge on any atom is 0.418 e. The number of aryl methyl sites for hydroxylation is 1. The molecule has 0 saturated carbocycles. The van der Waals surface area contributed by atoms with E-state index in [4.69, 9.17) is 11.6 Å². The van der Waals surface area contributed by atoms with Crippen molar-refractivity contribution in [2.24, 2.45) is 0 Å². The van der Waals surface area contributed by atoms with Crippen LogP contribution in [0, 0.1) is 6.92 Å². The van der Waals surface area contributed by atoms with Crippen LogP contribution < -0.4 is 10.6 Å². The lowest BCUT2D eigenvalue weighted by Crippen LogP contribution is -2.36. The molecular weight excluding hydrogens is 486 g/mol. The summed E-state index contributed by atoms with van der Waals surface area (Å²) in [6.45, 7) is 1.83. The third kappa shape index (κ3) is 4.70. The molecule has 2 aromatic carbocycles. The second kappa shape index (κ2) is 8.53. The molecule has 34 heavy (non-hydrogen) atoms. The van der Waals surface area contributed by atoms with Gasteiger partial charge in [-0.3, -0.25) is 4.79 Å². The van der Waals surface area contributed by atoms with Gasteiger partial charge in [0.2, 0.25) is 0 Å². The summed E-state index contributed by atoms with van der Waals surface area (Å²) in [5, 5.41) is 8.55. The summed E-state index contributed by atoms with van der Waals surface area (Å²) in [5.74, 6) is -1.29. The molecule has 2 atom stereocenters. The van der Waals surface area contributed by atoms with Gasteiger partial charge in [-0.1, -0.05) is 41.4 Å². The van der Waals surface area contributed by atoms with Gasteiger partial charge < -0.3 is 10.6 Å². The van der Waals surface area contributed by atoms with Crippen LogP contribution in [-0.4, -0.2) is 21.9 Å². The van der Waals surface area contributed by atoms with Crippen molar-refractivity contribution in [2.45, 2.75) is 37.8 Å². The third-order valence-electron chi connectivity index (χ3n) is 5.50. The number of halogens is 7. The third-order valence-corrected chi connectivity index (χ3v) is 5.73. The second-order valence-corrected chi connectivity index (χ2v) is 8.33. The number of nitrogens with one attached hydrogen (secondary N) is 2. The number of alkyl halides is 6. The van der Waals surface area contributed by atoms with Gasteiger partial charge in [0.05, 0.1) is 23.5 Å². The molecular formula is C22H17ClF6N4O. The van der Waals surface area contributed by atoms with Crippen molar-refractivity contribution in [1.29, 1.82) is 0 Å². The van der Waals surface area contributed by atoms with E-state index >= 15 is 0 Å². The van der Waals surface area contributed by atoms with Gasteiger partial charge in [0.15, 0.2) is 6.04 Å². The highest BCUT2D eigenvalue weighted by molar-refractivity contribution is 6.30. The first kappa shape index (κ1) is 23.9. The zero-order chi connectivity index (χ0) is 24.8. The molecule has 0 fully saturated rings. The van der Waals surface area contributed by atoms with Crippen molar-refractivity contribution < 1.29 is 31.1 Å². The molecule has 3 aromatic rings. The van der Waals surface area contributed by atoms with Crippen LogP contribution in [0.15, 0.2) is 48.7 Å². The summed E-state index contributed by atoms with van der Waals surface area (Å²) < 4.78 is 82.3. The molecule has 5 nitrogen and oxygen atoms in total. The number of nitrogens with zero attached hydrogens (tertiary/aromatic N) is 2. The predicted molar refractivity (Wildman–Crippen MR) is 114 cm³/mol. The normalized spacial score (nSPS) is 18.2. The van der Waals surface area contributed by atoms with Gasteiger partial charge in [0.1, 0.15) is 11.4 Å². The van der Waals surface area contributed by atoms with E-state index in [1.165, 1.54) is 0 Å². The zero-order valence-electron chi connectivity index (χ0n) is 17.4. The summed E-state index contributed by atoms with van der Waals surface area (Å²) in [6.07, 6.45) is -8.96. The number of carbonyl (C=O) groups excluding carboxylic acids is 1. The van der Waals surface area contributed by atoms with Crippen LogP contribution in [0.1, 0.15) is 45.6 Å². The minimum absolute atomic E-state index is 0.191. The number of aromatic nitrogens is 2. The van der Waals surface area contributed by atoms with E-state index in [-0.39, 0.29) is 22.8 Å². The number of anilines is 2. The predicted octanol–water partition coefficient (Wildman–Crippen LogP) is 6.78. The molecule has 12 heteroatoms. The van der Waals surface area contributed by atoms with Gasteiger partial charge in [-0.05, 0) is 30.7 Å². The van der Waals surface area contributed by atoms with Crippen LogP contribution in [-0.2, 0) is 6.18 Å². The highest BCUT2D eigenvalue weighted by Gasteiger charge is 2.47. The van der Waals surface area contributed by atoms with Crippen molar-refractivity contribution in [1.82, 2.24) is 9.78 Å². The molecule has 0 spiro atoms. The van der Waals surface area contributed by atoms with Crippen LogP contribution >= 0.6 is 11.6 Å². The van der Waals surface area contributed by atoms with E-state index in [1.54, 1.807) is 24.3 Å². The summed E-state index contributed by atoms with van der Waals surface area (Å²) in [6, 6.07) is 6.80. The van der Waals surface area contributed by atoms with Gasteiger partial charge in [-0.25, -0.2) is 4.68 Å². The SMILES string of the molecule is Cc1ccc(C2CC(C(F)(F)F)n3ncc(C(=O)Nc4ccc(Cl)cc4C(F)(F)F)c3N2)cc1. The van der Waals surface area contributed by atoms with Crippen molar-refractivity contribution in [3.05, 3.63) is 75.9 Å². The Morgan fingerprint density at radius 2 is 1.79 bits per heavy atom. The maximum atomic E-state index is 13.8. The van der Waals surface area contributed by atoms with Gasteiger partial charge >= 0.3 is 12.4 Å².